The van der Waals surface area contributed by atoms with Crippen molar-refractivity contribution in [2.24, 2.45) is 28.1 Å². The predicted octanol–water partition coefficient (Wildman–Crippen LogP) is -1.69. The number of hydrogen-bond donors (Lipinski definition) is 12. The van der Waals surface area contributed by atoms with Crippen molar-refractivity contribution < 1.29 is 54.0 Å². The maximum atomic E-state index is 13.7. The largest absolute Gasteiger partial charge is 0.508 e. The lowest BCUT2D eigenvalue weighted by Crippen LogP contribution is -2.57. The molecule has 0 spiro atoms. The van der Waals surface area contributed by atoms with Gasteiger partial charge in [0.15, 0.2) is 5.96 Å². The van der Waals surface area contributed by atoms with E-state index in [9.17, 15) is 48.9 Å². The molecule has 0 aromatic heterocycles. The van der Waals surface area contributed by atoms with E-state index >= 15 is 0 Å². The maximum Gasteiger partial charge on any atom is 0.326 e. The number of nitrogens with two attached hydrogens (primary N) is 3. The van der Waals surface area contributed by atoms with Gasteiger partial charge < -0.3 is 64.2 Å². The molecule has 312 valence electrons. The number of aromatic hydroxyl groups is 2. The SMILES string of the molecule is CC(C)C[C@H](NC(=O)[C@H](Cc1ccc(O)cc1)NC(=O)CNC(=O)[C@H](Cc1ccc(O)cc1)NC(=O)[C@@H](N)CCCN=C(N)N)C(=O)N[C@@H](CCC(=O)O)C(=O)O. The lowest BCUT2D eigenvalue weighted by Gasteiger charge is -2.26. The van der Waals surface area contributed by atoms with Crippen LogP contribution in [0.1, 0.15) is 57.1 Å². The smallest absolute Gasteiger partial charge is 0.326 e. The van der Waals surface area contributed by atoms with Crippen LogP contribution >= 0.6 is 0 Å². The summed E-state index contributed by atoms with van der Waals surface area (Å²) >= 11 is 0. The van der Waals surface area contributed by atoms with Crippen molar-refractivity contribution >= 4 is 47.4 Å². The number of aliphatic imine (C=N–C) groups is 1. The third-order valence-electron chi connectivity index (χ3n) is 8.37. The second kappa shape index (κ2) is 23.5. The Morgan fingerprint density at radius 3 is 1.65 bits per heavy atom. The van der Waals surface area contributed by atoms with Gasteiger partial charge in [0.2, 0.25) is 29.5 Å². The number of guanidine groups is 1. The second-order valence-corrected chi connectivity index (χ2v) is 13.7. The third kappa shape index (κ3) is 18.2. The Labute approximate surface area is 329 Å². The molecule has 5 amide bonds. The van der Waals surface area contributed by atoms with E-state index in [2.05, 4.69) is 31.6 Å². The summed E-state index contributed by atoms with van der Waals surface area (Å²) < 4.78 is 0. The van der Waals surface area contributed by atoms with Crippen LogP contribution < -0.4 is 43.8 Å². The van der Waals surface area contributed by atoms with Gasteiger partial charge in [-0.2, -0.15) is 0 Å². The second-order valence-electron chi connectivity index (χ2n) is 13.7. The van der Waals surface area contributed by atoms with E-state index in [1.807, 2.05) is 0 Å². The summed E-state index contributed by atoms with van der Waals surface area (Å²) in [6.45, 7) is 3.08. The molecule has 0 radical (unpaired) electrons. The summed E-state index contributed by atoms with van der Waals surface area (Å²) in [5.74, 6) is -7.10. The summed E-state index contributed by atoms with van der Waals surface area (Å²) in [6, 6.07) is 5.17. The number of nitrogens with zero attached hydrogens (tertiary/aromatic N) is 1. The number of amides is 5. The van der Waals surface area contributed by atoms with E-state index in [1.54, 1.807) is 26.0 Å². The van der Waals surface area contributed by atoms with Crippen LogP contribution in [0.25, 0.3) is 0 Å². The molecule has 2 aromatic carbocycles. The highest BCUT2D eigenvalue weighted by molar-refractivity contribution is 5.95. The molecular weight excluding hydrogens is 746 g/mol. The van der Waals surface area contributed by atoms with Crippen molar-refractivity contribution in [3.8, 4) is 11.5 Å². The maximum absolute atomic E-state index is 13.7. The Morgan fingerprint density at radius 2 is 1.16 bits per heavy atom. The van der Waals surface area contributed by atoms with Gasteiger partial charge in [0.25, 0.3) is 0 Å². The standard InChI is InChI=1S/C37H53N9O11/c1-20(2)16-27(34(54)44-26(36(56)57)13-14-31(50)51)46-35(55)29(18-22-7-11-24(48)12-8-22)43-30(49)19-42-33(53)28(17-21-5-9-23(47)10-6-21)45-32(52)25(38)4-3-15-41-37(39)40/h5-12,20,25-29,47-48H,3-4,13-19,38H2,1-2H3,(H,42,53)(H,43,49)(H,44,54)(H,45,52)(H,46,55)(H,50,51)(H,56,57)(H4,39,40,41)/t25-,26-,27-,28-,29-/m0/s1. The van der Waals surface area contributed by atoms with Gasteiger partial charge in [-0.1, -0.05) is 38.1 Å². The number of phenolic OH excluding ortho intramolecular Hbond substituents is 2. The molecule has 0 unspecified atom stereocenters. The fourth-order valence-electron chi connectivity index (χ4n) is 5.39. The summed E-state index contributed by atoms with van der Waals surface area (Å²) in [7, 11) is 0. The Bertz CT molecular complexity index is 1720. The van der Waals surface area contributed by atoms with E-state index in [4.69, 9.17) is 22.3 Å². The molecular formula is C37H53N9O11. The molecule has 0 aliphatic carbocycles. The molecule has 20 heteroatoms. The van der Waals surface area contributed by atoms with E-state index < -0.39 is 91.1 Å². The van der Waals surface area contributed by atoms with Crippen LogP contribution in [0.5, 0.6) is 11.5 Å². The minimum absolute atomic E-state index is 0.0227. The first-order valence-electron chi connectivity index (χ1n) is 18.1. The Balaban J connectivity index is 2.24. The molecule has 20 nitrogen and oxygen atoms in total. The molecule has 0 fully saturated rings. The Kier molecular flexibility index (Phi) is 19.2. The van der Waals surface area contributed by atoms with Gasteiger partial charge in [-0.3, -0.25) is 33.8 Å². The highest BCUT2D eigenvalue weighted by Gasteiger charge is 2.31. The number of rotatable bonds is 24. The summed E-state index contributed by atoms with van der Waals surface area (Å²) in [4.78, 5) is 93.3. The summed E-state index contributed by atoms with van der Waals surface area (Å²) in [5.41, 5.74) is 17.7. The number of carboxylic acid groups (broad SMARTS) is 2. The first kappa shape index (κ1) is 46.7. The quantitative estimate of drug-likeness (QED) is 0.0321. The molecule has 0 heterocycles. The van der Waals surface area contributed by atoms with Crippen molar-refractivity contribution in [1.82, 2.24) is 26.6 Å². The molecule has 0 saturated carbocycles. The lowest BCUT2D eigenvalue weighted by atomic mass is 10.0. The van der Waals surface area contributed by atoms with Gasteiger partial charge in [-0.25, -0.2) is 4.79 Å². The number of carbonyl (C=O) groups is 7. The number of aliphatic carboxylic acids is 2. The first-order chi connectivity index (χ1) is 26.8. The van der Waals surface area contributed by atoms with Crippen LogP contribution in [0.2, 0.25) is 0 Å². The number of nitrogens with one attached hydrogen (secondary N) is 5. The van der Waals surface area contributed by atoms with E-state index in [0.717, 1.165) is 0 Å². The van der Waals surface area contributed by atoms with Gasteiger partial charge in [-0.05, 0) is 67.0 Å². The normalized spacial score (nSPS) is 13.5. The molecule has 2 rings (SSSR count). The summed E-state index contributed by atoms with van der Waals surface area (Å²) in [5, 5.41) is 50.4. The zero-order valence-corrected chi connectivity index (χ0v) is 31.8. The van der Waals surface area contributed by atoms with E-state index in [-0.39, 0.29) is 55.6 Å². The van der Waals surface area contributed by atoms with E-state index in [1.165, 1.54) is 36.4 Å². The van der Waals surface area contributed by atoms with Crippen LogP contribution in [0, 0.1) is 5.92 Å². The molecule has 2 aromatic rings. The van der Waals surface area contributed by atoms with Gasteiger partial charge in [0, 0.05) is 25.8 Å². The van der Waals surface area contributed by atoms with Crippen LogP contribution in [-0.2, 0) is 46.4 Å². The Morgan fingerprint density at radius 1 is 0.667 bits per heavy atom. The fourth-order valence-corrected chi connectivity index (χ4v) is 5.39. The zero-order chi connectivity index (χ0) is 42.7. The van der Waals surface area contributed by atoms with E-state index in [0.29, 0.717) is 17.5 Å². The van der Waals surface area contributed by atoms with Gasteiger partial charge in [-0.15, -0.1) is 0 Å². The highest BCUT2D eigenvalue weighted by atomic mass is 16.4. The van der Waals surface area contributed by atoms with Gasteiger partial charge in [0.1, 0.15) is 35.7 Å². The average Bonchev–Trinajstić information content (AvgIpc) is 3.14. The molecule has 0 aliphatic heterocycles. The number of carbonyl (C=O) groups excluding carboxylic acids is 5. The predicted molar refractivity (Wildman–Crippen MR) is 206 cm³/mol. The molecule has 0 saturated heterocycles. The topological polar surface area (TPSA) is 351 Å². The van der Waals surface area contributed by atoms with Crippen LogP contribution in [-0.4, -0.2) is 111 Å². The number of phenols is 2. The van der Waals surface area contributed by atoms with Crippen molar-refractivity contribution in [2.45, 2.75) is 89.0 Å². The van der Waals surface area contributed by atoms with Gasteiger partial charge >= 0.3 is 11.9 Å². The molecule has 57 heavy (non-hydrogen) atoms. The molecule has 0 aliphatic rings. The average molecular weight is 800 g/mol. The fraction of sp³-hybridized carbons (Fsp3) is 0.459. The third-order valence-corrected chi connectivity index (χ3v) is 8.37. The number of benzene rings is 2. The first-order valence-corrected chi connectivity index (χ1v) is 18.1. The minimum Gasteiger partial charge on any atom is -0.508 e. The minimum atomic E-state index is -1.55. The molecule has 15 N–H and O–H groups in total. The van der Waals surface area contributed by atoms with Crippen LogP contribution in [0.3, 0.4) is 0 Å². The number of hydrogen-bond acceptors (Lipinski definition) is 11. The molecule has 5 atom stereocenters. The highest BCUT2D eigenvalue weighted by Crippen LogP contribution is 2.14. The number of carboxylic acids is 2. The van der Waals surface area contributed by atoms with Crippen molar-refractivity contribution in [2.75, 3.05) is 13.1 Å². The van der Waals surface area contributed by atoms with Gasteiger partial charge in [0.05, 0.1) is 12.6 Å². The van der Waals surface area contributed by atoms with Crippen molar-refractivity contribution in [3.63, 3.8) is 0 Å². The van der Waals surface area contributed by atoms with Crippen molar-refractivity contribution in [1.29, 1.82) is 0 Å². The monoisotopic (exact) mass is 799 g/mol. The van der Waals surface area contributed by atoms with Crippen molar-refractivity contribution in [3.05, 3.63) is 59.7 Å². The Hall–Kier alpha value is -6.44. The van der Waals surface area contributed by atoms with Crippen LogP contribution in [0.15, 0.2) is 53.5 Å². The van der Waals surface area contributed by atoms with Crippen LogP contribution in [0.4, 0.5) is 0 Å². The molecule has 0 bridgehead atoms. The summed E-state index contributed by atoms with van der Waals surface area (Å²) in [6.07, 6.45) is -0.519. The zero-order valence-electron chi connectivity index (χ0n) is 31.8. The lowest BCUT2D eigenvalue weighted by molar-refractivity contribution is -0.143.